The zero-order valence-corrected chi connectivity index (χ0v) is 17.6. The minimum atomic E-state index is -3.67. The molecule has 27 heavy (non-hydrogen) atoms. The van der Waals surface area contributed by atoms with E-state index >= 15 is 0 Å². The highest BCUT2D eigenvalue weighted by molar-refractivity contribution is 7.85. The zero-order chi connectivity index (χ0) is 20.9. The van der Waals surface area contributed by atoms with Crippen LogP contribution in [-0.4, -0.2) is 74.1 Å². The molecule has 0 bridgehead atoms. The Morgan fingerprint density at radius 3 is 2.22 bits per heavy atom. The summed E-state index contributed by atoms with van der Waals surface area (Å²) in [6, 6.07) is -0.201. The van der Waals surface area contributed by atoms with Gasteiger partial charge in [0.15, 0.2) is 0 Å². The summed E-state index contributed by atoms with van der Waals surface area (Å²) in [7, 11) is -3.67. The van der Waals surface area contributed by atoms with Gasteiger partial charge < -0.3 is 19.7 Å². The maximum Gasteiger partial charge on any atom is 0.410 e. The van der Waals surface area contributed by atoms with E-state index in [4.69, 9.17) is 14.0 Å². The minimum absolute atomic E-state index is 0.107. The lowest BCUT2D eigenvalue weighted by Gasteiger charge is -2.39. The first-order valence-corrected chi connectivity index (χ1v) is 10.9. The highest BCUT2D eigenvalue weighted by Crippen LogP contribution is 2.39. The second-order valence-corrected chi connectivity index (χ2v) is 9.56. The average molecular weight is 409 g/mol. The van der Waals surface area contributed by atoms with Gasteiger partial charge in [0, 0.05) is 19.6 Å². The summed E-state index contributed by atoms with van der Waals surface area (Å²) < 4.78 is 36.4. The molecule has 1 atom stereocenters. The predicted molar refractivity (Wildman–Crippen MR) is 100.0 cm³/mol. The molecule has 2 rings (SSSR count). The Morgan fingerprint density at radius 1 is 1.26 bits per heavy atom. The Hall–Kier alpha value is -1.39. The maximum atomic E-state index is 12.1. The molecular formula is C17H32N2O7S. The van der Waals surface area contributed by atoms with Gasteiger partial charge >= 0.3 is 12.1 Å². The normalized spacial score (nSPS) is 22.0. The van der Waals surface area contributed by atoms with Crippen molar-refractivity contribution in [2.75, 3.05) is 32.5 Å². The topological polar surface area (TPSA) is 122 Å². The van der Waals surface area contributed by atoms with Crippen molar-refractivity contribution < 1.29 is 32.0 Å². The fraction of sp³-hybridized carbons (Fsp3) is 0.882. The van der Waals surface area contributed by atoms with E-state index < -0.39 is 15.7 Å². The van der Waals surface area contributed by atoms with Crippen molar-refractivity contribution in [1.82, 2.24) is 10.2 Å². The number of carbonyl (C=O) groups is 2. The van der Waals surface area contributed by atoms with Gasteiger partial charge in [-0.05, 0) is 52.4 Å². The SMILES string of the molecule is CCOC(=O)[C@@H]1CC2(CCN(C(=O)OC(C)(C)C)CC2)CN1.CS(=O)(=O)O. The van der Waals surface area contributed by atoms with E-state index in [1.54, 1.807) is 4.90 Å². The number of amides is 1. The quantitative estimate of drug-likeness (QED) is 0.520. The number of piperidine rings is 1. The lowest BCUT2D eigenvalue weighted by Crippen LogP contribution is -2.45. The van der Waals surface area contributed by atoms with Crippen molar-refractivity contribution in [2.24, 2.45) is 5.41 Å². The summed E-state index contributed by atoms with van der Waals surface area (Å²) in [5, 5.41) is 3.27. The van der Waals surface area contributed by atoms with Crippen molar-refractivity contribution in [3.8, 4) is 0 Å². The number of esters is 1. The van der Waals surface area contributed by atoms with Gasteiger partial charge in [0.25, 0.3) is 10.1 Å². The molecular weight excluding hydrogens is 376 g/mol. The highest BCUT2D eigenvalue weighted by Gasteiger charge is 2.45. The number of ether oxygens (including phenoxy) is 2. The summed E-state index contributed by atoms with van der Waals surface area (Å²) in [5.74, 6) is -0.158. The molecule has 2 fully saturated rings. The first-order valence-electron chi connectivity index (χ1n) is 9.05. The molecule has 2 saturated heterocycles. The summed E-state index contributed by atoms with van der Waals surface area (Å²) >= 11 is 0. The van der Waals surface area contributed by atoms with Gasteiger partial charge in [-0.2, -0.15) is 8.42 Å². The third-order valence-electron chi connectivity index (χ3n) is 4.41. The molecule has 0 unspecified atom stereocenters. The number of nitrogens with one attached hydrogen (secondary N) is 1. The van der Waals surface area contributed by atoms with Crippen molar-refractivity contribution in [1.29, 1.82) is 0 Å². The summed E-state index contributed by atoms with van der Waals surface area (Å²) in [6.07, 6.45) is 3.07. The number of likely N-dealkylation sites (tertiary alicyclic amines) is 1. The van der Waals surface area contributed by atoms with Crippen LogP contribution in [0.25, 0.3) is 0 Å². The smallest absolute Gasteiger partial charge is 0.410 e. The highest BCUT2D eigenvalue weighted by atomic mass is 32.2. The molecule has 10 heteroatoms. The van der Waals surface area contributed by atoms with Crippen LogP contribution in [0.15, 0.2) is 0 Å². The Labute approximate surface area is 161 Å². The van der Waals surface area contributed by atoms with Gasteiger partial charge in [0.1, 0.15) is 11.6 Å². The Bertz CT molecular complexity index is 612. The third-order valence-corrected chi connectivity index (χ3v) is 4.41. The molecule has 2 heterocycles. The molecule has 158 valence electrons. The third kappa shape index (κ3) is 8.89. The molecule has 1 amide bonds. The maximum absolute atomic E-state index is 12.1. The average Bonchev–Trinajstić information content (AvgIpc) is 2.89. The number of carbonyl (C=O) groups excluding carboxylic acids is 2. The second kappa shape index (κ2) is 9.20. The van der Waals surface area contributed by atoms with E-state index in [2.05, 4.69) is 5.32 Å². The number of hydrogen-bond acceptors (Lipinski definition) is 7. The standard InChI is InChI=1S/C16H28N2O4.CH4O3S/c1-5-21-13(19)12-10-16(11-17-12)6-8-18(9-7-16)14(20)22-15(2,3)4;1-5(2,3)4/h12,17H,5-11H2,1-4H3;1H3,(H,2,3,4)/t12-;/m0./s1. The van der Waals surface area contributed by atoms with Crippen LogP contribution >= 0.6 is 0 Å². The monoisotopic (exact) mass is 408 g/mol. The van der Waals surface area contributed by atoms with E-state index in [0.717, 1.165) is 25.8 Å². The Morgan fingerprint density at radius 2 is 1.78 bits per heavy atom. The van der Waals surface area contributed by atoms with Gasteiger partial charge in [-0.3, -0.25) is 9.35 Å². The first-order chi connectivity index (χ1) is 12.2. The fourth-order valence-electron chi connectivity index (χ4n) is 3.20. The van der Waals surface area contributed by atoms with Crippen LogP contribution in [0.4, 0.5) is 4.79 Å². The molecule has 0 radical (unpaired) electrons. The van der Waals surface area contributed by atoms with Crippen molar-refractivity contribution >= 4 is 22.2 Å². The van der Waals surface area contributed by atoms with Gasteiger partial charge in [-0.15, -0.1) is 0 Å². The van der Waals surface area contributed by atoms with Gasteiger partial charge in [-0.25, -0.2) is 4.79 Å². The van der Waals surface area contributed by atoms with E-state index in [1.807, 2.05) is 27.7 Å². The predicted octanol–water partition coefficient (Wildman–Crippen LogP) is 1.43. The van der Waals surface area contributed by atoms with Crippen molar-refractivity contribution in [2.45, 2.75) is 58.6 Å². The molecule has 0 aromatic carbocycles. The largest absolute Gasteiger partial charge is 0.465 e. The van der Waals surface area contributed by atoms with E-state index in [1.165, 1.54) is 0 Å². The van der Waals surface area contributed by atoms with E-state index in [-0.39, 0.29) is 23.5 Å². The molecule has 0 aliphatic carbocycles. The lowest BCUT2D eigenvalue weighted by atomic mass is 9.76. The lowest BCUT2D eigenvalue weighted by molar-refractivity contribution is -0.145. The Kier molecular flexibility index (Phi) is 8.06. The zero-order valence-electron chi connectivity index (χ0n) is 16.8. The number of rotatable bonds is 2. The van der Waals surface area contributed by atoms with Crippen molar-refractivity contribution in [3.05, 3.63) is 0 Å². The van der Waals surface area contributed by atoms with Crippen LogP contribution in [0.2, 0.25) is 0 Å². The molecule has 0 aromatic rings. The number of hydrogen-bond donors (Lipinski definition) is 2. The molecule has 1 spiro atoms. The fourth-order valence-corrected chi connectivity index (χ4v) is 3.20. The van der Waals surface area contributed by atoms with Crippen LogP contribution < -0.4 is 5.32 Å². The van der Waals surface area contributed by atoms with Crippen LogP contribution in [0.5, 0.6) is 0 Å². The summed E-state index contributed by atoms with van der Waals surface area (Å²) in [6.45, 7) is 10.1. The molecule has 2 N–H and O–H groups in total. The van der Waals surface area contributed by atoms with Crippen LogP contribution in [0.3, 0.4) is 0 Å². The summed E-state index contributed by atoms with van der Waals surface area (Å²) in [5.41, 5.74) is -0.355. The minimum Gasteiger partial charge on any atom is -0.465 e. The molecule has 0 aromatic heterocycles. The van der Waals surface area contributed by atoms with E-state index in [9.17, 15) is 18.0 Å². The molecule has 2 aliphatic heterocycles. The molecule has 9 nitrogen and oxygen atoms in total. The van der Waals surface area contributed by atoms with Gasteiger partial charge in [0.05, 0.1) is 12.9 Å². The van der Waals surface area contributed by atoms with Crippen LogP contribution in [0, 0.1) is 5.41 Å². The van der Waals surface area contributed by atoms with E-state index in [0.29, 0.717) is 26.0 Å². The molecule has 2 aliphatic rings. The van der Waals surface area contributed by atoms with Gasteiger partial charge in [0.2, 0.25) is 0 Å². The van der Waals surface area contributed by atoms with Crippen LogP contribution in [0.1, 0.15) is 47.0 Å². The van der Waals surface area contributed by atoms with Crippen molar-refractivity contribution in [3.63, 3.8) is 0 Å². The molecule has 0 saturated carbocycles. The second-order valence-electron chi connectivity index (χ2n) is 8.09. The Balaban J connectivity index is 0.000000646. The van der Waals surface area contributed by atoms with Crippen LogP contribution in [-0.2, 0) is 24.4 Å². The van der Waals surface area contributed by atoms with Gasteiger partial charge in [-0.1, -0.05) is 0 Å². The number of nitrogens with zero attached hydrogens (tertiary/aromatic N) is 1. The summed E-state index contributed by atoms with van der Waals surface area (Å²) in [4.78, 5) is 25.7. The first kappa shape index (κ1) is 23.6.